The SMILES string of the molecule is COc1ccc(S[C@]2(C(=O)N3CCOCC3)CC(=O)N(c3ccc(Cl)cc3)[C@@H]2c2ccc(OC)cc2)cc1. The van der Waals surface area contributed by atoms with Gasteiger partial charge in [-0.15, -0.1) is 11.8 Å². The predicted octanol–water partition coefficient (Wildman–Crippen LogP) is 5.23. The molecule has 0 bridgehead atoms. The van der Waals surface area contributed by atoms with E-state index in [4.69, 9.17) is 25.8 Å². The minimum Gasteiger partial charge on any atom is -0.497 e. The zero-order valence-electron chi connectivity index (χ0n) is 21.3. The van der Waals surface area contributed by atoms with Crippen molar-refractivity contribution < 1.29 is 23.8 Å². The highest BCUT2D eigenvalue weighted by Crippen LogP contribution is 2.55. The van der Waals surface area contributed by atoms with Crippen molar-refractivity contribution in [1.29, 1.82) is 0 Å². The molecule has 0 radical (unpaired) electrons. The first-order chi connectivity index (χ1) is 18.4. The summed E-state index contributed by atoms with van der Waals surface area (Å²) in [5.74, 6) is 1.21. The monoisotopic (exact) mass is 552 g/mol. The molecule has 0 unspecified atom stereocenters. The maximum Gasteiger partial charge on any atom is 0.242 e. The van der Waals surface area contributed by atoms with Crippen LogP contribution in [0.5, 0.6) is 11.5 Å². The van der Waals surface area contributed by atoms with E-state index in [2.05, 4.69) is 0 Å². The highest BCUT2D eigenvalue weighted by molar-refractivity contribution is 8.01. The van der Waals surface area contributed by atoms with E-state index in [0.717, 1.165) is 16.2 Å². The predicted molar refractivity (Wildman–Crippen MR) is 148 cm³/mol. The first-order valence-electron chi connectivity index (χ1n) is 12.4. The second kappa shape index (κ2) is 11.3. The van der Waals surface area contributed by atoms with Gasteiger partial charge in [0, 0.05) is 28.7 Å². The summed E-state index contributed by atoms with van der Waals surface area (Å²) in [6, 6.07) is 21.8. The van der Waals surface area contributed by atoms with E-state index in [0.29, 0.717) is 42.8 Å². The lowest BCUT2D eigenvalue weighted by Crippen LogP contribution is -2.53. The van der Waals surface area contributed by atoms with Crippen LogP contribution in [-0.2, 0) is 14.3 Å². The normalized spacial score (nSPS) is 21.4. The lowest BCUT2D eigenvalue weighted by Gasteiger charge is -2.40. The topological polar surface area (TPSA) is 68.3 Å². The van der Waals surface area contributed by atoms with Crippen LogP contribution in [0.2, 0.25) is 5.02 Å². The van der Waals surface area contributed by atoms with Gasteiger partial charge in [0.2, 0.25) is 11.8 Å². The molecule has 7 nitrogen and oxygen atoms in total. The number of ether oxygens (including phenoxy) is 3. The Morgan fingerprint density at radius 1 is 0.921 bits per heavy atom. The number of morpholine rings is 1. The molecule has 2 aliphatic rings. The number of carbonyl (C=O) groups excluding carboxylic acids is 2. The van der Waals surface area contributed by atoms with Crippen LogP contribution >= 0.6 is 23.4 Å². The molecule has 0 aromatic heterocycles. The van der Waals surface area contributed by atoms with Gasteiger partial charge in [-0.3, -0.25) is 9.59 Å². The summed E-state index contributed by atoms with van der Waals surface area (Å²) in [5, 5.41) is 0.574. The zero-order chi connectivity index (χ0) is 26.7. The van der Waals surface area contributed by atoms with Crippen molar-refractivity contribution in [3.63, 3.8) is 0 Å². The summed E-state index contributed by atoms with van der Waals surface area (Å²) in [6.07, 6.45) is 0.0409. The van der Waals surface area contributed by atoms with Crippen molar-refractivity contribution in [2.24, 2.45) is 0 Å². The quantitative estimate of drug-likeness (QED) is 0.400. The first kappa shape index (κ1) is 26.4. The summed E-state index contributed by atoms with van der Waals surface area (Å²) in [7, 11) is 3.23. The van der Waals surface area contributed by atoms with Crippen LogP contribution in [-0.4, -0.2) is 62.0 Å². The molecule has 0 spiro atoms. The van der Waals surface area contributed by atoms with Crippen LogP contribution in [0.4, 0.5) is 5.69 Å². The van der Waals surface area contributed by atoms with Crippen LogP contribution in [0, 0.1) is 0 Å². The minimum atomic E-state index is -1.13. The molecule has 2 saturated heterocycles. The van der Waals surface area contributed by atoms with Crippen molar-refractivity contribution in [3.05, 3.63) is 83.4 Å². The minimum absolute atomic E-state index is 0.0409. The van der Waals surface area contributed by atoms with E-state index in [9.17, 15) is 9.59 Å². The van der Waals surface area contributed by atoms with Crippen LogP contribution in [0.1, 0.15) is 18.0 Å². The van der Waals surface area contributed by atoms with Gasteiger partial charge in [0.15, 0.2) is 0 Å². The van der Waals surface area contributed by atoms with E-state index in [1.807, 2.05) is 65.6 Å². The number of hydrogen-bond acceptors (Lipinski definition) is 6. The third kappa shape index (κ3) is 5.08. The molecule has 0 saturated carbocycles. The van der Waals surface area contributed by atoms with Gasteiger partial charge in [-0.2, -0.15) is 0 Å². The molecule has 2 heterocycles. The lowest BCUT2D eigenvalue weighted by atomic mass is 9.90. The number of benzene rings is 3. The Hall–Kier alpha value is -3.20. The summed E-state index contributed by atoms with van der Waals surface area (Å²) < 4.78 is 15.1. The molecule has 2 atom stereocenters. The van der Waals surface area contributed by atoms with Gasteiger partial charge >= 0.3 is 0 Å². The summed E-state index contributed by atoms with van der Waals surface area (Å²) >= 11 is 7.61. The van der Waals surface area contributed by atoms with Crippen molar-refractivity contribution in [3.8, 4) is 11.5 Å². The number of thioether (sulfide) groups is 1. The number of halogens is 1. The number of nitrogens with zero attached hydrogens (tertiary/aromatic N) is 2. The smallest absolute Gasteiger partial charge is 0.242 e. The van der Waals surface area contributed by atoms with Gasteiger partial charge in [-0.1, -0.05) is 23.7 Å². The molecule has 5 rings (SSSR count). The molecule has 9 heteroatoms. The maximum atomic E-state index is 14.5. The maximum absolute atomic E-state index is 14.5. The Morgan fingerprint density at radius 3 is 2.08 bits per heavy atom. The molecule has 2 fully saturated rings. The zero-order valence-corrected chi connectivity index (χ0v) is 22.8. The van der Waals surface area contributed by atoms with Crippen LogP contribution in [0.25, 0.3) is 0 Å². The molecule has 0 aliphatic carbocycles. The number of carbonyl (C=O) groups is 2. The first-order valence-corrected chi connectivity index (χ1v) is 13.6. The largest absolute Gasteiger partial charge is 0.497 e. The van der Waals surface area contributed by atoms with Gasteiger partial charge in [0.25, 0.3) is 0 Å². The third-order valence-electron chi connectivity index (χ3n) is 6.94. The molecule has 198 valence electrons. The van der Waals surface area contributed by atoms with Gasteiger partial charge in [-0.05, 0) is 66.2 Å². The molecule has 38 heavy (non-hydrogen) atoms. The number of anilines is 1. The fourth-order valence-electron chi connectivity index (χ4n) is 5.07. The van der Waals surface area contributed by atoms with Crippen LogP contribution < -0.4 is 14.4 Å². The van der Waals surface area contributed by atoms with Gasteiger partial charge < -0.3 is 24.0 Å². The van der Waals surface area contributed by atoms with Crippen molar-refractivity contribution in [1.82, 2.24) is 4.90 Å². The summed E-state index contributed by atoms with van der Waals surface area (Å²) in [5.41, 5.74) is 1.53. The van der Waals surface area contributed by atoms with E-state index < -0.39 is 10.8 Å². The number of rotatable bonds is 7. The van der Waals surface area contributed by atoms with E-state index >= 15 is 0 Å². The van der Waals surface area contributed by atoms with Crippen LogP contribution in [0.15, 0.2) is 77.7 Å². The Balaban J connectivity index is 1.67. The molecule has 2 aliphatic heterocycles. The van der Waals surface area contributed by atoms with Crippen LogP contribution in [0.3, 0.4) is 0 Å². The fraction of sp³-hybridized carbons (Fsp3) is 0.310. The Bertz CT molecular complexity index is 1280. The Labute approximate surface area is 231 Å². The Morgan fingerprint density at radius 2 is 1.50 bits per heavy atom. The molecule has 0 N–H and O–H groups in total. The molecular formula is C29H29ClN2O5S. The van der Waals surface area contributed by atoms with E-state index in [1.165, 1.54) is 11.8 Å². The molecule has 3 aromatic rings. The van der Waals surface area contributed by atoms with Crippen molar-refractivity contribution in [2.45, 2.75) is 22.1 Å². The average molecular weight is 553 g/mol. The third-order valence-corrected chi connectivity index (χ3v) is 8.60. The second-order valence-electron chi connectivity index (χ2n) is 9.16. The highest BCUT2D eigenvalue weighted by Gasteiger charge is 2.59. The van der Waals surface area contributed by atoms with E-state index in [-0.39, 0.29) is 18.2 Å². The number of amides is 2. The standard InChI is InChI=1S/C29H29ClN2O5S/c1-35-23-9-3-20(4-10-23)27-29(28(34)31-15-17-37-18-16-31,38-25-13-11-24(36-2)12-14-25)19-26(33)32(27)22-7-5-21(30)6-8-22/h3-14,27H,15-19H2,1-2H3/t27-,29-/m1/s1. The molecular weight excluding hydrogens is 524 g/mol. The molecule has 2 amide bonds. The van der Waals surface area contributed by atoms with E-state index in [1.54, 1.807) is 31.3 Å². The average Bonchev–Trinajstić information content (AvgIpc) is 3.26. The van der Waals surface area contributed by atoms with Crippen molar-refractivity contribution >= 4 is 40.9 Å². The molecule has 3 aromatic carbocycles. The highest BCUT2D eigenvalue weighted by atomic mass is 35.5. The lowest BCUT2D eigenvalue weighted by molar-refractivity contribution is -0.138. The van der Waals surface area contributed by atoms with Gasteiger partial charge in [0.05, 0.1) is 39.9 Å². The van der Waals surface area contributed by atoms with Crippen molar-refractivity contribution in [2.75, 3.05) is 45.4 Å². The second-order valence-corrected chi connectivity index (χ2v) is 11.0. The number of methoxy groups -OCH3 is 2. The summed E-state index contributed by atoms with van der Waals surface area (Å²) in [4.78, 5) is 32.9. The fourth-order valence-corrected chi connectivity index (χ4v) is 6.66. The van der Waals surface area contributed by atoms with Gasteiger partial charge in [-0.25, -0.2) is 0 Å². The van der Waals surface area contributed by atoms with Gasteiger partial charge in [0.1, 0.15) is 16.2 Å². The number of hydrogen-bond donors (Lipinski definition) is 0. The Kier molecular flexibility index (Phi) is 7.83. The summed E-state index contributed by atoms with van der Waals surface area (Å²) in [6.45, 7) is 1.90.